The zero-order chi connectivity index (χ0) is 38.6. The van der Waals surface area contributed by atoms with Gasteiger partial charge in [0.05, 0.1) is 24.0 Å². The molecule has 1 saturated carbocycles. The number of carbonyl (C=O) groups excluding carboxylic acids is 4. The Balaban J connectivity index is 1.32. The molecule has 6 rings (SSSR count). The molecule has 1 aliphatic carbocycles. The second-order valence-electron chi connectivity index (χ2n) is 15.3. The van der Waals surface area contributed by atoms with Crippen molar-refractivity contribution in [1.29, 1.82) is 0 Å². The number of likely N-dealkylation sites (tertiary alicyclic amines) is 1. The van der Waals surface area contributed by atoms with Crippen molar-refractivity contribution in [3.05, 3.63) is 89.7 Å². The van der Waals surface area contributed by atoms with E-state index in [1.54, 1.807) is 50.2 Å². The van der Waals surface area contributed by atoms with Crippen molar-refractivity contribution in [2.45, 2.75) is 101 Å². The molecule has 1 aliphatic heterocycles. The van der Waals surface area contributed by atoms with Crippen LogP contribution in [0.1, 0.15) is 86.5 Å². The molecule has 2 fully saturated rings. The Morgan fingerprint density at radius 1 is 0.963 bits per heavy atom. The molecule has 14 nitrogen and oxygen atoms in total. The number of hydrogen-bond acceptors (Lipinski definition) is 9. The molecule has 3 unspecified atom stereocenters. The number of carbonyl (C=O) groups is 4. The predicted molar refractivity (Wildman–Crippen MR) is 203 cm³/mol. The van der Waals surface area contributed by atoms with E-state index in [0.29, 0.717) is 28.9 Å². The summed E-state index contributed by atoms with van der Waals surface area (Å²) in [7, 11) is 0. The fraction of sp³-hybridized carbons (Fsp3) is 0.450. The third kappa shape index (κ3) is 8.88. The molecule has 1 aromatic heterocycles. The fourth-order valence-electron chi connectivity index (χ4n) is 7.81. The Hall–Kier alpha value is -5.34. The van der Waals surface area contributed by atoms with Gasteiger partial charge in [0.15, 0.2) is 6.10 Å². The number of rotatable bonds is 13. The van der Waals surface area contributed by atoms with Crippen molar-refractivity contribution in [2.75, 3.05) is 12.3 Å². The van der Waals surface area contributed by atoms with E-state index in [4.69, 9.17) is 11.5 Å². The highest BCUT2D eigenvalue weighted by Crippen LogP contribution is 2.34. The lowest BCUT2D eigenvalue weighted by Gasteiger charge is -2.32. The maximum Gasteiger partial charge on any atom is 0.251 e. The van der Waals surface area contributed by atoms with Gasteiger partial charge in [-0.1, -0.05) is 79.8 Å². The summed E-state index contributed by atoms with van der Waals surface area (Å²) in [5.74, 6) is -2.28. The maximum absolute atomic E-state index is 14.9. The number of benzene rings is 3. The molecule has 0 radical (unpaired) electrons. The number of anilines is 1. The Morgan fingerprint density at radius 3 is 2.35 bits per heavy atom. The van der Waals surface area contributed by atoms with Crippen LogP contribution in [0.2, 0.25) is 0 Å². The standard InChI is InChI=1S/C40H50N8O6/c1-40(2,54)34-22-43-46-48(34)30-21-33(38(52)44-31(35(49)36(42)50)18-25-12-16-29(41)17-13-25)47(23-30)39(53)32(19-24-8-4-3-5-9-24)45-37(51)28-15-14-26-10-6-7-11-27(26)20-28/h6-7,10-17,20,22,24,30-33,35,49,54H,3-5,8-9,18-19,21,23,41H2,1-2H3,(H2,42,50)(H,44,52)(H,45,51)/t30-,31?,32?,33-,35?/m0/s1. The number of aromatic nitrogens is 3. The van der Waals surface area contributed by atoms with Crippen molar-refractivity contribution in [3.63, 3.8) is 0 Å². The summed E-state index contributed by atoms with van der Waals surface area (Å²) in [5, 5.41) is 37.7. The topological polar surface area (TPSA) is 219 Å². The lowest BCUT2D eigenvalue weighted by atomic mass is 9.84. The van der Waals surface area contributed by atoms with Crippen LogP contribution in [-0.4, -0.2) is 84.5 Å². The first-order valence-corrected chi connectivity index (χ1v) is 18.6. The number of aliphatic hydroxyl groups is 2. The number of amides is 4. The van der Waals surface area contributed by atoms with Gasteiger partial charge in [-0.3, -0.25) is 19.2 Å². The first-order chi connectivity index (χ1) is 25.8. The molecule has 0 bridgehead atoms. The number of primary amides is 1. The Bertz CT molecular complexity index is 1970. The fourth-order valence-corrected chi connectivity index (χ4v) is 7.81. The molecule has 14 heteroatoms. The van der Waals surface area contributed by atoms with Crippen molar-refractivity contribution in [3.8, 4) is 0 Å². The highest BCUT2D eigenvalue weighted by atomic mass is 16.3. The highest BCUT2D eigenvalue weighted by Gasteiger charge is 2.45. The van der Waals surface area contributed by atoms with Gasteiger partial charge in [-0.15, -0.1) is 5.10 Å². The third-order valence-electron chi connectivity index (χ3n) is 10.8. The number of nitrogens with zero attached hydrogens (tertiary/aromatic N) is 4. The van der Waals surface area contributed by atoms with E-state index in [-0.39, 0.29) is 25.3 Å². The second-order valence-corrected chi connectivity index (χ2v) is 15.3. The van der Waals surface area contributed by atoms with Gasteiger partial charge in [-0.2, -0.15) is 0 Å². The quantitative estimate of drug-likeness (QED) is 0.111. The Kier molecular flexibility index (Phi) is 11.6. The summed E-state index contributed by atoms with van der Waals surface area (Å²) < 4.78 is 1.53. The zero-order valence-corrected chi connectivity index (χ0v) is 30.7. The average Bonchev–Trinajstić information content (AvgIpc) is 3.83. The molecule has 8 N–H and O–H groups in total. The highest BCUT2D eigenvalue weighted by molar-refractivity contribution is 6.01. The first-order valence-electron chi connectivity index (χ1n) is 18.6. The van der Waals surface area contributed by atoms with Gasteiger partial charge in [0.2, 0.25) is 17.7 Å². The summed E-state index contributed by atoms with van der Waals surface area (Å²) in [4.78, 5) is 56.8. The lowest BCUT2D eigenvalue weighted by Crippen LogP contribution is -2.57. The summed E-state index contributed by atoms with van der Waals surface area (Å²) >= 11 is 0. The Morgan fingerprint density at radius 2 is 1.67 bits per heavy atom. The maximum atomic E-state index is 14.9. The van der Waals surface area contributed by atoms with Gasteiger partial charge in [0.1, 0.15) is 17.7 Å². The lowest BCUT2D eigenvalue weighted by molar-refractivity contribution is -0.141. The summed E-state index contributed by atoms with van der Waals surface area (Å²) in [6.45, 7) is 3.22. The minimum absolute atomic E-state index is 0.0252. The molecule has 4 aromatic rings. The SMILES string of the molecule is CC(C)(O)c1cnnn1[C@H]1C[C@@H](C(=O)NC(Cc2ccc(N)cc2)C(O)C(N)=O)N(C(=O)C(CC2CCCCC2)NC(=O)c2ccc3ccccc3c2)C1. The molecular formula is C40H50N8O6. The van der Waals surface area contributed by atoms with Crippen molar-refractivity contribution >= 4 is 40.1 Å². The number of nitrogen functional groups attached to an aromatic ring is 1. The molecule has 4 amide bonds. The van der Waals surface area contributed by atoms with Crippen LogP contribution in [0.25, 0.3) is 10.8 Å². The molecule has 3 aromatic carbocycles. The van der Waals surface area contributed by atoms with E-state index in [2.05, 4.69) is 20.9 Å². The molecule has 2 aliphatic rings. The summed E-state index contributed by atoms with van der Waals surface area (Å²) in [6, 6.07) is 16.1. The van der Waals surface area contributed by atoms with E-state index in [9.17, 15) is 29.4 Å². The molecule has 0 spiro atoms. The van der Waals surface area contributed by atoms with Gasteiger partial charge in [0.25, 0.3) is 5.91 Å². The average molecular weight is 739 g/mol. The van der Waals surface area contributed by atoms with Crippen molar-refractivity contribution in [2.24, 2.45) is 11.7 Å². The van der Waals surface area contributed by atoms with Gasteiger partial charge in [-0.25, -0.2) is 4.68 Å². The van der Waals surface area contributed by atoms with Crippen LogP contribution in [0, 0.1) is 5.92 Å². The van der Waals surface area contributed by atoms with Crippen LogP contribution >= 0.6 is 0 Å². The van der Waals surface area contributed by atoms with E-state index in [0.717, 1.165) is 42.9 Å². The number of nitrogens with one attached hydrogen (secondary N) is 2. The number of hydrogen-bond donors (Lipinski definition) is 6. The van der Waals surface area contributed by atoms with E-state index in [1.807, 2.05) is 30.3 Å². The van der Waals surface area contributed by atoms with Crippen LogP contribution in [0.4, 0.5) is 5.69 Å². The minimum Gasteiger partial charge on any atom is -0.399 e. The molecule has 2 heterocycles. The minimum atomic E-state index is -1.73. The normalized spacial score (nSPS) is 19.6. The van der Waals surface area contributed by atoms with Crippen molar-refractivity contribution in [1.82, 2.24) is 30.5 Å². The molecule has 286 valence electrons. The second kappa shape index (κ2) is 16.4. The molecule has 1 saturated heterocycles. The molecule has 5 atom stereocenters. The number of nitrogens with two attached hydrogens (primary N) is 2. The number of fused-ring (bicyclic) bond motifs is 1. The van der Waals surface area contributed by atoms with E-state index < -0.39 is 59.5 Å². The third-order valence-corrected chi connectivity index (χ3v) is 10.8. The van der Waals surface area contributed by atoms with E-state index >= 15 is 0 Å². The number of aliphatic hydroxyl groups excluding tert-OH is 1. The molecular weight excluding hydrogens is 688 g/mol. The van der Waals surface area contributed by atoms with Gasteiger partial charge in [0, 0.05) is 24.2 Å². The largest absolute Gasteiger partial charge is 0.399 e. The monoisotopic (exact) mass is 738 g/mol. The summed E-state index contributed by atoms with van der Waals surface area (Å²) in [5.41, 5.74) is 12.0. The van der Waals surface area contributed by atoms with E-state index in [1.165, 1.54) is 15.8 Å². The summed E-state index contributed by atoms with van der Waals surface area (Å²) in [6.07, 6.45) is 5.28. The van der Waals surface area contributed by atoms with Crippen LogP contribution in [-0.2, 0) is 26.4 Å². The first kappa shape index (κ1) is 38.4. The zero-order valence-electron chi connectivity index (χ0n) is 30.7. The van der Waals surface area contributed by atoms with Crippen LogP contribution in [0.5, 0.6) is 0 Å². The van der Waals surface area contributed by atoms with Crippen LogP contribution in [0.15, 0.2) is 72.9 Å². The van der Waals surface area contributed by atoms with Gasteiger partial charge >= 0.3 is 0 Å². The molecule has 54 heavy (non-hydrogen) atoms. The van der Waals surface area contributed by atoms with Crippen LogP contribution in [0.3, 0.4) is 0 Å². The predicted octanol–water partition coefficient (Wildman–Crippen LogP) is 2.73. The smallest absolute Gasteiger partial charge is 0.251 e. The van der Waals surface area contributed by atoms with Crippen LogP contribution < -0.4 is 22.1 Å². The van der Waals surface area contributed by atoms with Gasteiger partial charge < -0.3 is 37.2 Å². The van der Waals surface area contributed by atoms with Crippen molar-refractivity contribution < 1.29 is 29.4 Å². The Labute approximate surface area is 314 Å². The van der Waals surface area contributed by atoms with Gasteiger partial charge in [-0.05, 0) is 73.2 Å².